The summed E-state index contributed by atoms with van der Waals surface area (Å²) in [6.45, 7) is 4.28. The standard InChI is InChI=1S/C17H18N2O3/c1-10-5-6-12-9-13(11(2)18-14(12)8-10)16(20)19-7-3-4-15(19)17(21)22/h5-6,8-9,15H,3-4,7H2,1-2H3,(H,21,22)/t15-/m0/s1. The molecule has 5 heteroatoms. The van der Waals surface area contributed by atoms with Gasteiger partial charge in [0.25, 0.3) is 5.91 Å². The van der Waals surface area contributed by atoms with Gasteiger partial charge in [-0.15, -0.1) is 0 Å². The van der Waals surface area contributed by atoms with Crippen LogP contribution in [0.4, 0.5) is 0 Å². The largest absolute Gasteiger partial charge is 0.480 e. The maximum absolute atomic E-state index is 12.7. The number of rotatable bonds is 2. The molecule has 1 aromatic carbocycles. The van der Waals surface area contributed by atoms with Crippen LogP contribution in [0.25, 0.3) is 10.9 Å². The molecule has 1 atom stereocenters. The van der Waals surface area contributed by atoms with Gasteiger partial charge in [-0.05, 0) is 44.4 Å². The number of carboxylic acid groups (broad SMARTS) is 1. The molecule has 0 saturated carbocycles. The highest BCUT2D eigenvalue weighted by Crippen LogP contribution is 2.24. The van der Waals surface area contributed by atoms with Gasteiger partial charge in [-0.1, -0.05) is 12.1 Å². The van der Waals surface area contributed by atoms with Gasteiger partial charge >= 0.3 is 5.97 Å². The molecule has 5 nitrogen and oxygen atoms in total. The van der Waals surface area contributed by atoms with Gasteiger partial charge in [0.2, 0.25) is 0 Å². The van der Waals surface area contributed by atoms with E-state index >= 15 is 0 Å². The Labute approximate surface area is 128 Å². The van der Waals surface area contributed by atoms with Gasteiger partial charge < -0.3 is 10.0 Å². The quantitative estimate of drug-likeness (QED) is 0.925. The summed E-state index contributed by atoms with van der Waals surface area (Å²) in [5, 5.41) is 10.1. The smallest absolute Gasteiger partial charge is 0.326 e. The van der Waals surface area contributed by atoms with Crippen molar-refractivity contribution in [1.29, 1.82) is 0 Å². The number of hydrogen-bond acceptors (Lipinski definition) is 3. The van der Waals surface area contributed by atoms with E-state index in [1.807, 2.05) is 31.2 Å². The maximum atomic E-state index is 12.7. The lowest BCUT2D eigenvalue weighted by atomic mass is 10.1. The average molecular weight is 298 g/mol. The fraction of sp³-hybridized carbons (Fsp3) is 0.353. The number of aryl methyl sites for hydroxylation is 2. The summed E-state index contributed by atoms with van der Waals surface area (Å²) >= 11 is 0. The molecule has 0 bridgehead atoms. The van der Waals surface area contributed by atoms with Crippen LogP contribution in [-0.4, -0.2) is 39.5 Å². The maximum Gasteiger partial charge on any atom is 0.326 e. The SMILES string of the molecule is Cc1ccc2cc(C(=O)N3CCC[C@H]3C(=O)O)c(C)nc2c1. The molecule has 0 unspecified atom stereocenters. The highest BCUT2D eigenvalue weighted by Gasteiger charge is 2.35. The van der Waals surface area contributed by atoms with Crippen molar-refractivity contribution in [2.24, 2.45) is 0 Å². The molecule has 1 fully saturated rings. The van der Waals surface area contributed by atoms with Crippen molar-refractivity contribution in [2.75, 3.05) is 6.54 Å². The Kier molecular flexibility index (Phi) is 3.56. The van der Waals surface area contributed by atoms with E-state index in [9.17, 15) is 14.7 Å². The van der Waals surface area contributed by atoms with Crippen LogP contribution >= 0.6 is 0 Å². The van der Waals surface area contributed by atoms with Crippen LogP contribution in [0, 0.1) is 13.8 Å². The summed E-state index contributed by atoms with van der Waals surface area (Å²) < 4.78 is 0. The molecule has 1 aromatic heterocycles. The Hall–Kier alpha value is -2.43. The van der Waals surface area contributed by atoms with Crippen molar-refractivity contribution in [3.63, 3.8) is 0 Å². The van der Waals surface area contributed by atoms with Gasteiger partial charge in [-0.3, -0.25) is 9.78 Å². The third kappa shape index (κ3) is 2.43. The first kappa shape index (κ1) is 14.5. The molecule has 1 aliphatic rings. The summed E-state index contributed by atoms with van der Waals surface area (Å²) in [5.74, 6) is -1.18. The number of aliphatic carboxylic acids is 1. The minimum absolute atomic E-state index is 0.239. The van der Waals surface area contributed by atoms with Crippen LogP contribution in [0.5, 0.6) is 0 Å². The number of fused-ring (bicyclic) bond motifs is 1. The van der Waals surface area contributed by atoms with Crippen molar-refractivity contribution >= 4 is 22.8 Å². The normalized spacial score (nSPS) is 17.9. The van der Waals surface area contributed by atoms with E-state index in [2.05, 4.69) is 4.98 Å². The fourth-order valence-electron chi connectivity index (χ4n) is 3.01. The van der Waals surface area contributed by atoms with Crippen molar-refractivity contribution in [3.8, 4) is 0 Å². The zero-order chi connectivity index (χ0) is 15.9. The van der Waals surface area contributed by atoms with Crippen LogP contribution in [0.2, 0.25) is 0 Å². The fourth-order valence-corrected chi connectivity index (χ4v) is 3.01. The monoisotopic (exact) mass is 298 g/mol. The summed E-state index contributed by atoms with van der Waals surface area (Å²) in [6.07, 6.45) is 1.24. The van der Waals surface area contributed by atoms with Gasteiger partial charge in [-0.2, -0.15) is 0 Å². The van der Waals surface area contributed by atoms with Gasteiger partial charge in [0.1, 0.15) is 6.04 Å². The Morgan fingerprint density at radius 3 is 2.77 bits per heavy atom. The van der Waals surface area contributed by atoms with E-state index in [1.165, 1.54) is 4.90 Å². The summed E-state index contributed by atoms with van der Waals surface area (Å²) in [4.78, 5) is 29.9. The second-order valence-corrected chi connectivity index (χ2v) is 5.81. The minimum atomic E-state index is -0.937. The number of carbonyl (C=O) groups excluding carboxylic acids is 1. The highest BCUT2D eigenvalue weighted by atomic mass is 16.4. The number of nitrogens with zero attached hydrogens (tertiary/aromatic N) is 2. The third-order valence-electron chi connectivity index (χ3n) is 4.19. The van der Waals surface area contributed by atoms with Crippen LogP contribution in [0.3, 0.4) is 0 Å². The van der Waals surface area contributed by atoms with Gasteiger partial charge in [0.15, 0.2) is 0 Å². The van der Waals surface area contributed by atoms with Crippen molar-refractivity contribution in [1.82, 2.24) is 9.88 Å². The van der Waals surface area contributed by atoms with Crippen LogP contribution < -0.4 is 0 Å². The topological polar surface area (TPSA) is 70.5 Å². The van der Waals surface area contributed by atoms with Crippen molar-refractivity contribution < 1.29 is 14.7 Å². The first-order chi connectivity index (χ1) is 10.5. The zero-order valence-electron chi connectivity index (χ0n) is 12.7. The molecule has 0 spiro atoms. The second kappa shape index (κ2) is 5.40. The number of aromatic nitrogens is 1. The average Bonchev–Trinajstić information content (AvgIpc) is 2.95. The Morgan fingerprint density at radius 1 is 1.27 bits per heavy atom. The predicted molar refractivity (Wildman–Crippen MR) is 82.9 cm³/mol. The third-order valence-corrected chi connectivity index (χ3v) is 4.19. The van der Waals surface area contributed by atoms with Gasteiger partial charge in [-0.25, -0.2) is 4.79 Å². The first-order valence-corrected chi connectivity index (χ1v) is 7.39. The Balaban J connectivity index is 2.02. The molecule has 1 saturated heterocycles. The van der Waals surface area contributed by atoms with Crippen LogP contribution in [-0.2, 0) is 4.79 Å². The summed E-state index contributed by atoms with van der Waals surface area (Å²) in [7, 11) is 0. The van der Waals surface area contributed by atoms with Crippen molar-refractivity contribution in [3.05, 3.63) is 41.1 Å². The molecule has 114 valence electrons. The van der Waals surface area contributed by atoms with E-state index in [0.717, 1.165) is 22.9 Å². The van der Waals surface area contributed by atoms with Crippen LogP contribution in [0.15, 0.2) is 24.3 Å². The lowest BCUT2D eigenvalue weighted by Crippen LogP contribution is -2.40. The number of pyridine rings is 1. The molecular weight excluding hydrogens is 280 g/mol. The number of benzene rings is 1. The van der Waals surface area contributed by atoms with E-state index in [1.54, 1.807) is 6.92 Å². The molecule has 1 aliphatic heterocycles. The van der Waals surface area contributed by atoms with Gasteiger partial charge in [0.05, 0.1) is 16.8 Å². The molecule has 3 rings (SSSR count). The number of likely N-dealkylation sites (tertiary alicyclic amines) is 1. The molecule has 1 N–H and O–H groups in total. The van der Waals surface area contributed by atoms with E-state index in [-0.39, 0.29) is 5.91 Å². The molecule has 0 aliphatic carbocycles. The number of carbonyl (C=O) groups is 2. The Morgan fingerprint density at radius 2 is 2.05 bits per heavy atom. The van der Waals surface area contributed by atoms with E-state index in [0.29, 0.717) is 24.2 Å². The summed E-state index contributed by atoms with van der Waals surface area (Å²) in [6, 6.07) is 6.99. The molecule has 2 heterocycles. The molecule has 22 heavy (non-hydrogen) atoms. The molecule has 1 amide bonds. The van der Waals surface area contributed by atoms with E-state index in [4.69, 9.17) is 0 Å². The molecule has 0 radical (unpaired) electrons. The first-order valence-electron chi connectivity index (χ1n) is 7.39. The Bertz CT molecular complexity index is 770. The molecule has 2 aromatic rings. The predicted octanol–water partition coefficient (Wildman–Crippen LogP) is 2.54. The summed E-state index contributed by atoms with van der Waals surface area (Å²) in [5.41, 5.74) is 3.10. The van der Waals surface area contributed by atoms with Crippen LogP contribution in [0.1, 0.15) is 34.5 Å². The number of hydrogen-bond donors (Lipinski definition) is 1. The zero-order valence-corrected chi connectivity index (χ0v) is 12.7. The minimum Gasteiger partial charge on any atom is -0.480 e. The lowest BCUT2D eigenvalue weighted by Gasteiger charge is -2.22. The molecular formula is C17H18N2O3. The lowest BCUT2D eigenvalue weighted by molar-refractivity contribution is -0.141. The second-order valence-electron chi connectivity index (χ2n) is 5.81. The van der Waals surface area contributed by atoms with Gasteiger partial charge in [0, 0.05) is 11.9 Å². The van der Waals surface area contributed by atoms with E-state index < -0.39 is 12.0 Å². The van der Waals surface area contributed by atoms with Crippen molar-refractivity contribution in [2.45, 2.75) is 32.7 Å². The number of amides is 1. The number of carboxylic acids is 1. The highest BCUT2D eigenvalue weighted by molar-refractivity contribution is 6.00.